The number of anilines is 2. The van der Waals surface area contributed by atoms with Crippen molar-refractivity contribution in [1.29, 1.82) is 0 Å². The van der Waals surface area contributed by atoms with Gasteiger partial charge in [0.15, 0.2) is 0 Å². The highest BCUT2D eigenvalue weighted by Crippen LogP contribution is 2.30. The predicted octanol–water partition coefficient (Wildman–Crippen LogP) is 5.02. The van der Waals surface area contributed by atoms with Gasteiger partial charge in [-0.3, -0.25) is 4.79 Å². The quantitative estimate of drug-likeness (QED) is 0.682. The van der Waals surface area contributed by atoms with Gasteiger partial charge in [-0.15, -0.1) is 0 Å². The molecular formula is C23H29N3O2. The number of amides is 3. The van der Waals surface area contributed by atoms with E-state index in [0.29, 0.717) is 18.5 Å². The predicted molar refractivity (Wildman–Crippen MR) is 114 cm³/mol. The van der Waals surface area contributed by atoms with Crippen LogP contribution >= 0.6 is 0 Å². The minimum absolute atomic E-state index is 0.139. The SMILES string of the molecule is CCc1cccc(NC(=O)C2(NC(=O)Nc3ccc(C)cc3)CCCCC2)c1. The van der Waals surface area contributed by atoms with E-state index in [-0.39, 0.29) is 11.9 Å². The molecule has 148 valence electrons. The zero-order chi connectivity index (χ0) is 20.0. The standard InChI is InChI=1S/C23H29N3O2/c1-3-18-8-7-9-20(16-18)24-21(27)23(14-5-4-6-15-23)26-22(28)25-19-12-10-17(2)11-13-19/h7-13,16H,3-6,14-15H2,1-2H3,(H,24,27)(H2,25,26,28). The molecule has 5 heteroatoms. The molecule has 1 saturated carbocycles. The van der Waals surface area contributed by atoms with Crippen molar-refractivity contribution in [3.05, 3.63) is 59.7 Å². The number of hydrogen-bond donors (Lipinski definition) is 3. The Labute approximate surface area is 166 Å². The molecule has 1 fully saturated rings. The van der Waals surface area contributed by atoms with Crippen molar-refractivity contribution in [2.24, 2.45) is 0 Å². The summed E-state index contributed by atoms with van der Waals surface area (Å²) in [4.78, 5) is 25.8. The molecule has 0 heterocycles. The third-order valence-corrected chi connectivity index (χ3v) is 5.40. The van der Waals surface area contributed by atoms with Gasteiger partial charge in [0, 0.05) is 11.4 Å². The van der Waals surface area contributed by atoms with E-state index in [0.717, 1.165) is 36.9 Å². The Bertz CT molecular complexity index is 824. The van der Waals surface area contributed by atoms with E-state index >= 15 is 0 Å². The highest BCUT2D eigenvalue weighted by atomic mass is 16.2. The van der Waals surface area contributed by atoms with Crippen molar-refractivity contribution in [1.82, 2.24) is 5.32 Å². The molecule has 5 nitrogen and oxygen atoms in total. The summed E-state index contributed by atoms with van der Waals surface area (Å²) < 4.78 is 0. The van der Waals surface area contributed by atoms with Crippen molar-refractivity contribution in [2.75, 3.05) is 10.6 Å². The number of aryl methyl sites for hydroxylation is 2. The molecule has 3 rings (SSSR count). The molecule has 0 aromatic heterocycles. The smallest absolute Gasteiger partial charge is 0.320 e. The lowest BCUT2D eigenvalue weighted by molar-refractivity contribution is -0.123. The Morgan fingerprint density at radius 3 is 2.32 bits per heavy atom. The van der Waals surface area contributed by atoms with Crippen LogP contribution in [0, 0.1) is 6.92 Å². The summed E-state index contributed by atoms with van der Waals surface area (Å²) in [7, 11) is 0. The lowest BCUT2D eigenvalue weighted by atomic mass is 9.81. The molecule has 0 aliphatic heterocycles. The second kappa shape index (κ2) is 8.91. The van der Waals surface area contributed by atoms with E-state index in [4.69, 9.17) is 0 Å². The molecule has 28 heavy (non-hydrogen) atoms. The van der Waals surface area contributed by atoms with Crippen LogP contribution in [0.4, 0.5) is 16.2 Å². The van der Waals surface area contributed by atoms with E-state index in [1.54, 1.807) is 0 Å². The van der Waals surface area contributed by atoms with Crippen LogP contribution in [0.1, 0.15) is 50.2 Å². The Hall–Kier alpha value is -2.82. The number of carbonyl (C=O) groups is 2. The Morgan fingerprint density at radius 1 is 0.929 bits per heavy atom. The molecule has 3 amide bonds. The van der Waals surface area contributed by atoms with Crippen LogP contribution in [-0.2, 0) is 11.2 Å². The number of nitrogens with one attached hydrogen (secondary N) is 3. The zero-order valence-electron chi connectivity index (χ0n) is 16.7. The van der Waals surface area contributed by atoms with Gasteiger partial charge in [-0.1, -0.05) is 56.0 Å². The molecule has 0 saturated heterocycles. The molecule has 2 aromatic carbocycles. The first-order valence-electron chi connectivity index (χ1n) is 10.1. The fourth-order valence-corrected chi connectivity index (χ4v) is 3.70. The Morgan fingerprint density at radius 2 is 1.64 bits per heavy atom. The van der Waals surface area contributed by atoms with E-state index in [1.165, 1.54) is 5.56 Å². The second-order valence-electron chi connectivity index (χ2n) is 7.60. The van der Waals surface area contributed by atoms with Crippen molar-refractivity contribution >= 4 is 23.3 Å². The third kappa shape index (κ3) is 4.91. The molecule has 1 aliphatic carbocycles. The molecule has 3 N–H and O–H groups in total. The van der Waals surface area contributed by atoms with E-state index < -0.39 is 5.54 Å². The Kier molecular flexibility index (Phi) is 6.34. The third-order valence-electron chi connectivity index (χ3n) is 5.40. The van der Waals surface area contributed by atoms with Gasteiger partial charge in [0.1, 0.15) is 5.54 Å². The number of carbonyl (C=O) groups excluding carboxylic acids is 2. The summed E-state index contributed by atoms with van der Waals surface area (Å²) >= 11 is 0. The fraction of sp³-hybridized carbons (Fsp3) is 0.391. The van der Waals surface area contributed by atoms with Gasteiger partial charge in [-0.05, 0) is 56.0 Å². The van der Waals surface area contributed by atoms with Gasteiger partial charge in [0.25, 0.3) is 0 Å². The largest absolute Gasteiger partial charge is 0.324 e. The van der Waals surface area contributed by atoms with Crippen LogP contribution in [-0.4, -0.2) is 17.5 Å². The fourth-order valence-electron chi connectivity index (χ4n) is 3.70. The average Bonchev–Trinajstić information content (AvgIpc) is 2.70. The molecule has 0 atom stereocenters. The van der Waals surface area contributed by atoms with Gasteiger partial charge < -0.3 is 16.0 Å². The molecule has 0 bridgehead atoms. The molecular weight excluding hydrogens is 350 g/mol. The first-order chi connectivity index (χ1) is 13.5. The minimum atomic E-state index is -0.880. The van der Waals surface area contributed by atoms with Crippen molar-refractivity contribution < 1.29 is 9.59 Å². The maximum atomic E-state index is 13.2. The van der Waals surface area contributed by atoms with Crippen LogP contribution in [0.25, 0.3) is 0 Å². The van der Waals surface area contributed by atoms with Gasteiger partial charge >= 0.3 is 6.03 Å². The summed E-state index contributed by atoms with van der Waals surface area (Å²) in [5, 5.41) is 8.85. The number of benzene rings is 2. The number of urea groups is 1. The number of hydrogen-bond acceptors (Lipinski definition) is 2. The highest BCUT2D eigenvalue weighted by Gasteiger charge is 2.41. The summed E-state index contributed by atoms with van der Waals surface area (Å²) in [6, 6.07) is 15.1. The van der Waals surface area contributed by atoms with Gasteiger partial charge in [-0.25, -0.2) is 4.79 Å². The molecule has 0 radical (unpaired) electrons. The van der Waals surface area contributed by atoms with Gasteiger partial charge in [0.05, 0.1) is 0 Å². The second-order valence-corrected chi connectivity index (χ2v) is 7.60. The normalized spacial score (nSPS) is 15.5. The van der Waals surface area contributed by atoms with Crippen molar-refractivity contribution in [2.45, 2.75) is 57.9 Å². The van der Waals surface area contributed by atoms with Crippen LogP contribution in [0.2, 0.25) is 0 Å². The first-order valence-corrected chi connectivity index (χ1v) is 10.1. The van der Waals surface area contributed by atoms with Crippen molar-refractivity contribution in [3.63, 3.8) is 0 Å². The van der Waals surface area contributed by atoms with Crippen molar-refractivity contribution in [3.8, 4) is 0 Å². The van der Waals surface area contributed by atoms with Crippen LogP contribution in [0.15, 0.2) is 48.5 Å². The van der Waals surface area contributed by atoms with Gasteiger partial charge in [0.2, 0.25) is 5.91 Å². The maximum Gasteiger partial charge on any atom is 0.320 e. The van der Waals surface area contributed by atoms with Gasteiger partial charge in [-0.2, -0.15) is 0 Å². The van der Waals surface area contributed by atoms with E-state index in [2.05, 4.69) is 22.9 Å². The lowest BCUT2D eigenvalue weighted by Gasteiger charge is -2.36. The first kappa shape index (κ1) is 19.9. The molecule has 1 aliphatic rings. The summed E-state index contributed by atoms with van der Waals surface area (Å²) in [5.74, 6) is -0.139. The Balaban J connectivity index is 1.72. The van der Waals surface area contributed by atoms with E-state index in [9.17, 15) is 9.59 Å². The maximum absolute atomic E-state index is 13.2. The van der Waals surface area contributed by atoms with E-state index in [1.807, 2.05) is 55.5 Å². The van der Waals surface area contributed by atoms with Crippen LogP contribution in [0.5, 0.6) is 0 Å². The molecule has 0 spiro atoms. The molecule has 2 aromatic rings. The monoisotopic (exact) mass is 379 g/mol. The topological polar surface area (TPSA) is 70.2 Å². The van der Waals surface area contributed by atoms with Crippen LogP contribution in [0.3, 0.4) is 0 Å². The average molecular weight is 380 g/mol. The summed E-state index contributed by atoms with van der Waals surface area (Å²) in [6.45, 7) is 4.08. The highest BCUT2D eigenvalue weighted by molar-refractivity contribution is 6.02. The van der Waals surface area contributed by atoms with Crippen LogP contribution < -0.4 is 16.0 Å². The number of rotatable bonds is 5. The minimum Gasteiger partial charge on any atom is -0.324 e. The lowest BCUT2D eigenvalue weighted by Crippen LogP contribution is -2.58. The molecule has 0 unspecified atom stereocenters. The summed E-state index contributed by atoms with van der Waals surface area (Å²) in [6.07, 6.45) is 5.13. The summed E-state index contributed by atoms with van der Waals surface area (Å²) in [5.41, 5.74) is 2.90. The zero-order valence-corrected chi connectivity index (χ0v) is 16.7.